The van der Waals surface area contributed by atoms with Crippen molar-refractivity contribution in [1.82, 2.24) is 10.6 Å². The van der Waals surface area contributed by atoms with Gasteiger partial charge in [0, 0.05) is 13.1 Å². The summed E-state index contributed by atoms with van der Waals surface area (Å²) in [5.74, 6) is 0.721. The fourth-order valence-electron chi connectivity index (χ4n) is 2.37. The quantitative estimate of drug-likeness (QED) is 0.852. The average molecular weight is 246 g/mol. The number of piperidine rings is 1. The predicted octanol–water partition coefficient (Wildman–Crippen LogP) is 1.91. The van der Waals surface area contributed by atoms with Gasteiger partial charge in [-0.2, -0.15) is 0 Å². The largest absolute Gasteiger partial charge is 0.355 e. The number of amides is 1. The molecule has 0 radical (unpaired) electrons. The van der Waals surface area contributed by atoms with Crippen LogP contribution in [0.25, 0.3) is 0 Å². The van der Waals surface area contributed by atoms with Crippen LogP contribution in [0.5, 0.6) is 0 Å². The second kappa shape index (κ2) is 6.55. The molecule has 1 aliphatic heterocycles. The molecule has 0 saturated carbocycles. The van der Waals surface area contributed by atoms with Crippen LogP contribution in [0.1, 0.15) is 31.2 Å². The van der Waals surface area contributed by atoms with Crippen LogP contribution in [0, 0.1) is 5.92 Å². The van der Waals surface area contributed by atoms with Gasteiger partial charge >= 0.3 is 0 Å². The number of hydrogen-bond acceptors (Lipinski definition) is 2. The molecule has 1 aromatic carbocycles. The van der Waals surface area contributed by atoms with E-state index in [1.165, 1.54) is 5.56 Å². The molecule has 2 rings (SSSR count). The standard InChI is InChI=1S/C15H22N2O/c1-12(13-6-3-2-4-7-13)10-17-15(18)14-8-5-9-16-11-14/h2-4,6-7,12,14,16H,5,8-11H2,1H3,(H,17,18)/t12-,14?/m0/s1. The van der Waals surface area contributed by atoms with E-state index in [9.17, 15) is 4.79 Å². The van der Waals surface area contributed by atoms with E-state index in [1.54, 1.807) is 0 Å². The molecule has 18 heavy (non-hydrogen) atoms. The summed E-state index contributed by atoms with van der Waals surface area (Å²) in [6.45, 7) is 4.74. The Morgan fingerprint density at radius 2 is 2.22 bits per heavy atom. The molecule has 1 fully saturated rings. The van der Waals surface area contributed by atoms with Crippen molar-refractivity contribution in [1.29, 1.82) is 0 Å². The summed E-state index contributed by atoms with van der Waals surface area (Å²) >= 11 is 0. The predicted molar refractivity (Wildman–Crippen MR) is 73.5 cm³/mol. The topological polar surface area (TPSA) is 41.1 Å². The highest BCUT2D eigenvalue weighted by Gasteiger charge is 2.20. The molecule has 2 atom stereocenters. The molecule has 1 amide bonds. The Balaban J connectivity index is 1.78. The summed E-state index contributed by atoms with van der Waals surface area (Å²) in [5, 5.41) is 6.35. The van der Waals surface area contributed by atoms with Crippen LogP contribution in [0.3, 0.4) is 0 Å². The van der Waals surface area contributed by atoms with Crippen LogP contribution < -0.4 is 10.6 Å². The van der Waals surface area contributed by atoms with Crippen molar-refractivity contribution in [2.24, 2.45) is 5.92 Å². The van der Waals surface area contributed by atoms with E-state index in [4.69, 9.17) is 0 Å². The molecule has 0 bridgehead atoms. The minimum Gasteiger partial charge on any atom is -0.355 e. The van der Waals surface area contributed by atoms with Gasteiger partial charge in [0.25, 0.3) is 0 Å². The summed E-state index contributed by atoms with van der Waals surface area (Å²) in [4.78, 5) is 12.0. The molecule has 0 aromatic heterocycles. The third-order valence-corrected chi connectivity index (χ3v) is 3.62. The number of rotatable bonds is 4. The van der Waals surface area contributed by atoms with E-state index in [2.05, 4.69) is 29.7 Å². The van der Waals surface area contributed by atoms with Gasteiger partial charge in [0.2, 0.25) is 5.91 Å². The fourth-order valence-corrected chi connectivity index (χ4v) is 2.37. The Bertz CT molecular complexity index is 371. The van der Waals surface area contributed by atoms with Crippen LogP contribution in [-0.4, -0.2) is 25.5 Å². The first kappa shape index (κ1) is 13.1. The summed E-state index contributed by atoms with van der Waals surface area (Å²) in [6, 6.07) is 10.3. The lowest BCUT2D eigenvalue weighted by molar-refractivity contribution is -0.125. The van der Waals surface area contributed by atoms with Gasteiger partial charge < -0.3 is 10.6 Å². The fraction of sp³-hybridized carbons (Fsp3) is 0.533. The molecule has 2 N–H and O–H groups in total. The molecular formula is C15H22N2O. The van der Waals surface area contributed by atoms with Gasteiger partial charge in [0.1, 0.15) is 0 Å². The maximum absolute atomic E-state index is 12.0. The Morgan fingerprint density at radius 3 is 2.89 bits per heavy atom. The van der Waals surface area contributed by atoms with Crippen LogP contribution in [0.15, 0.2) is 30.3 Å². The van der Waals surface area contributed by atoms with Gasteiger partial charge in [-0.1, -0.05) is 37.3 Å². The smallest absolute Gasteiger partial charge is 0.224 e. The molecular weight excluding hydrogens is 224 g/mol. The van der Waals surface area contributed by atoms with Gasteiger partial charge in [0.15, 0.2) is 0 Å². The average Bonchev–Trinajstić information content (AvgIpc) is 2.46. The van der Waals surface area contributed by atoms with E-state index < -0.39 is 0 Å². The Kier molecular flexibility index (Phi) is 4.76. The molecule has 1 saturated heterocycles. The van der Waals surface area contributed by atoms with Gasteiger partial charge in [0.05, 0.1) is 5.92 Å². The zero-order chi connectivity index (χ0) is 12.8. The lowest BCUT2D eigenvalue weighted by Crippen LogP contribution is -2.41. The first-order chi connectivity index (χ1) is 8.77. The molecule has 1 unspecified atom stereocenters. The number of carbonyl (C=O) groups excluding carboxylic acids is 1. The van der Waals surface area contributed by atoms with Crippen molar-refractivity contribution in [3.05, 3.63) is 35.9 Å². The van der Waals surface area contributed by atoms with Crippen molar-refractivity contribution in [3.8, 4) is 0 Å². The van der Waals surface area contributed by atoms with Crippen LogP contribution >= 0.6 is 0 Å². The molecule has 1 aliphatic rings. The second-order valence-corrected chi connectivity index (χ2v) is 5.10. The van der Waals surface area contributed by atoms with E-state index in [0.717, 1.165) is 32.5 Å². The summed E-state index contributed by atoms with van der Waals surface area (Å²) in [7, 11) is 0. The molecule has 3 nitrogen and oxygen atoms in total. The van der Waals surface area contributed by atoms with E-state index in [-0.39, 0.29) is 11.8 Å². The van der Waals surface area contributed by atoms with E-state index >= 15 is 0 Å². The van der Waals surface area contributed by atoms with E-state index in [1.807, 2.05) is 18.2 Å². The Morgan fingerprint density at radius 1 is 1.44 bits per heavy atom. The minimum atomic E-state index is 0.154. The number of nitrogens with one attached hydrogen (secondary N) is 2. The lowest BCUT2D eigenvalue weighted by Gasteiger charge is -2.23. The summed E-state index contributed by atoms with van der Waals surface area (Å²) < 4.78 is 0. The molecule has 1 heterocycles. The maximum atomic E-state index is 12.0. The molecule has 3 heteroatoms. The van der Waals surface area contributed by atoms with Crippen molar-refractivity contribution in [2.45, 2.75) is 25.7 Å². The van der Waals surface area contributed by atoms with Crippen LogP contribution in [0.2, 0.25) is 0 Å². The molecule has 0 aliphatic carbocycles. The van der Waals surface area contributed by atoms with Crippen molar-refractivity contribution >= 4 is 5.91 Å². The maximum Gasteiger partial charge on any atom is 0.224 e. The zero-order valence-corrected chi connectivity index (χ0v) is 11.0. The highest BCUT2D eigenvalue weighted by Crippen LogP contribution is 2.14. The zero-order valence-electron chi connectivity index (χ0n) is 11.0. The number of hydrogen-bond donors (Lipinski definition) is 2. The Hall–Kier alpha value is -1.35. The summed E-state index contributed by atoms with van der Waals surface area (Å²) in [5.41, 5.74) is 1.28. The number of benzene rings is 1. The van der Waals surface area contributed by atoms with Crippen molar-refractivity contribution in [3.63, 3.8) is 0 Å². The van der Waals surface area contributed by atoms with Crippen LogP contribution in [-0.2, 0) is 4.79 Å². The minimum absolute atomic E-state index is 0.154. The number of carbonyl (C=O) groups is 1. The van der Waals surface area contributed by atoms with Crippen LogP contribution in [0.4, 0.5) is 0 Å². The summed E-state index contributed by atoms with van der Waals surface area (Å²) in [6.07, 6.45) is 2.12. The van der Waals surface area contributed by atoms with Crippen molar-refractivity contribution < 1.29 is 4.79 Å². The third kappa shape index (κ3) is 3.57. The SMILES string of the molecule is C[C@@H](CNC(=O)C1CCCNC1)c1ccccc1. The van der Waals surface area contributed by atoms with E-state index in [0.29, 0.717) is 5.92 Å². The molecule has 1 aromatic rings. The molecule has 0 spiro atoms. The van der Waals surface area contributed by atoms with Gasteiger partial charge in [-0.05, 0) is 30.9 Å². The molecule has 98 valence electrons. The van der Waals surface area contributed by atoms with Gasteiger partial charge in [-0.3, -0.25) is 4.79 Å². The normalized spacial score (nSPS) is 21.3. The first-order valence-corrected chi connectivity index (χ1v) is 6.80. The lowest BCUT2D eigenvalue weighted by atomic mass is 9.97. The highest BCUT2D eigenvalue weighted by molar-refractivity contribution is 5.79. The first-order valence-electron chi connectivity index (χ1n) is 6.80. The van der Waals surface area contributed by atoms with Gasteiger partial charge in [-0.15, -0.1) is 0 Å². The highest BCUT2D eigenvalue weighted by atomic mass is 16.1. The third-order valence-electron chi connectivity index (χ3n) is 3.62. The monoisotopic (exact) mass is 246 g/mol. The van der Waals surface area contributed by atoms with Crippen molar-refractivity contribution in [2.75, 3.05) is 19.6 Å². The second-order valence-electron chi connectivity index (χ2n) is 5.10. The Labute approximate surface area is 109 Å². The van der Waals surface area contributed by atoms with Gasteiger partial charge in [-0.25, -0.2) is 0 Å².